The zero-order valence-electron chi connectivity index (χ0n) is 9.23. The summed E-state index contributed by atoms with van der Waals surface area (Å²) in [6, 6.07) is 8.93. The maximum absolute atomic E-state index is 11.6. The van der Waals surface area contributed by atoms with Gasteiger partial charge in [-0.05, 0) is 24.5 Å². The van der Waals surface area contributed by atoms with Crippen molar-refractivity contribution in [2.45, 2.75) is 26.3 Å². The van der Waals surface area contributed by atoms with E-state index in [1.54, 1.807) is 0 Å². The highest BCUT2D eigenvalue weighted by molar-refractivity contribution is 5.94. The van der Waals surface area contributed by atoms with Gasteiger partial charge < -0.3 is 11.1 Å². The van der Waals surface area contributed by atoms with Gasteiger partial charge in [-0.3, -0.25) is 4.79 Å². The predicted octanol–water partition coefficient (Wildman–Crippen LogP) is 2.00. The van der Waals surface area contributed by atoms with Gasteiger partial charge in [0.25, 0.3) is 0 Å². The van der Waals surface area contributed by atoms with Crippen LogP contribution in [0.4, 0.5) is 5.69 Å². The van der Waals surface area contributed by atoms with Crippen LogP contribution in [0.2, 0.25) is 0 Å². The van der Waals surface area contributed by atoms with E-state index in [1.165, 1.54) is 0 Å². The van der Waals surface area contributed by atoms with Crippen molar-refractivity contribution in [3.8, 4) is 0 Å². The van der Waals surface area contributed by atoms with E-state index in [4.69, 9.17) is 5.73 Å². The average Bonchev–Trinajstić information content (AvgIpc) is 2.18. The summed E-state index contributed by atoms with van der Waals surface area (Å²) in [6.07, 6.45) is 0.707. The largest absolute Gasteiger partial charge is 0.325 e. The minimum Gasteiger partial charge on any atom is -0.325 e. The Morgan fingerprint density at radius 3 is 2.47 bits per heavy atom. The minimum absolute atomic E-state index is 0.116. The Kier molecular flexibility index (Phi) is 4.31. The number of hydrogen-bond donors (Lipinski definition) is 2. The third-order valence-electron chi connectivity index (χ3n) is 2.10. The SMILES string of the molecule is CC(C)CC(N)C(=O)Nc1ccccc1. The van der Waals surface area contributed by atoms with E-state index in [0.29, 0.717) is 12.3 Å². The number of hydrogen-bond acceptors (Lipinski definition) is 2. The van der Waals surface area contributed by atoms with Crippen LogP contribution in [0.5, 0.6) is 0 Å². The number of nitrogens with two attached hydrogens (primary N) is 1. The molecule has 3 N–H and O–H groups in total. The molecule has 0 heterocycles. The molecule has 0 saturated heterocycles. The molecule has 0 aliphatic heterocycles. The number of anilines is 1. The summed E-state index contributed by atoms with van der Waals surface area (Å²) < 4.78 is 0. The normalized spacial score (nSPS) is 12.5. The lowest BCUT2D eigenvalue weighted by Gasteiger charge is -2.13. The third-order valence-corrected chi connectivity index (χ3v) is 2.10. The molecule has 0 bridgehead atoms. The molecule has 0 saturated carbocycles. The van der Waals surface area contributed by atoms with E-state index in [1.807, 2.05) is 30.3 Å². The molecule has 0 spiro atoms. The highest BCUT2D eigenvalue weighted by Gasteiger charge is 2.14. The predicted molar refractivity (Wildman–Crippen MR) is 62.5 cm³/mol. The van der Waals surface area contributed by atoms with Crippen LogP contribution in [0.15, 0.2) is 30.3 Å². The Morgan fingerprint density at radius 1 is 1.33 bits per heavy atom. The first kappa shape index (κ1) is 11.7. The van der Waals surface area contributed by atoms with Crippen molar-refractivity contribution in [1.29, 1.82) is 0 Å². The first-order valence-electron chi connectivity index (χ1n) is 5.21. The van der Waals surface area contributed by atoms with Crippen molar-refractivity contribution in [2.24, 2.45) is 11.7 Å². The van der Waals surface area contributed by atoms with Gasteiger partial charge in [0, 0.05) is 5.69 Å². The number of nitrogens with one attached hydrogen (secondary N) is 1. The molecular weight excluding hydrogens is 188 g/mol. The second kappa shape index (κ2) is 5.51. The van der Waals surface area contributed by atoms with Crippen molar-refractivity contribution in [3.05, 3.63) is 30.3 Å². The Bertz CT molecular complexity index is 309. The Balaban J connectivity index is 2.49. The van der Waals surface area contributed by atoms with E-state index in [9.17, 15) is 4.79 Å². The van der Waals surface area contributed by atoms with Crippen LogP contribution < -0.4 is 11.1 Å². The first-order valence-corrected chi connectivity index (χ1v) is 5.21. The summed E-state index contributed by atoms with van der Waals surface area (Å²) in [5.41, 5.74) is 6.55. The maximum atomic E-state index is 11.6. The van der Waals surface area contributed by atoms with Crippen LogP contribution in [0.3, 0.4) is 0 Å². The maximum Gasteiger partial charge on any atom is 0.241 e. The second-order valence-electron chi connectivity index (χ2n) is 4.09. The number of para-hydroxylation sites is 1. The van der Waals surface area contributed by atoms with Crippen molar-refractivity contribution in [3.63, 3.8) is 0 Å². The van der Waals surface area contributed by atoms with Crippen molar-refractivity contribution < 1.29 is 4.79 Å². The van der Waals surface area contributed by atoms with Crippen LogP contribution in [-0.2, 0) is 4.79 Å². The van der Waals surface area contributed by atoms with E-state index >= 15 is 0 Å². The molecule has 1 unspecified atom stereocenters. The van der Waals surface area contributed by atoms with Crippen molar-refractivity contribution in [1.82, 2.24) is 0 Å². The smallest absolute Gasteiger partial charge is 0.241 e. The zero-order chi connectivity index (χ0) is 11.3. The molecule has 0 aliphatic carbocycles. The van der Waals surface area contributed by atoms with Gasteiger partial charge >= 0.3 is 0 Å². The minimum atomic E-state index is -0.426. The Hall–Kier alpha value is -1.35. The van der Waals surface area contributed by atoms with Gasteiger partial charge in [-0.2, -0.15) is 0 Å². The number of carbonyl (C=O) groups excluding carboxylic acids is 1. The van der Waals surface area contributed by atoms with Gasteiger partial charge in [0.2, 0.25) is 5.91 Å². The third kappa shape index (κ3) is 4.13. The molecule has 3 heteroatoms. The molecule has 82 valence electrons. The molecule has 0 radical (unpaired) electrons. The summed E-state index contributed by atoms with van der Waals surface area (Å²) in [7, 11) is 0. The summed E-state index contributed by atoms with van der Waals surface area (Å²) in [5, 5.41) is 2.78. The summed E-state index contributed by atoms with van der Waals surface area (Å²) in [6.45, 7) is 4.10. The van der Waals surface area contributed by atoms with Crippen LogP contribution in [-0.4, -0.2) is 11.9 Å². The molecule has 0 aliphatic rings. The van der Waals surface area contributed by atoms with Gasteiger partial charge in [-0.1, -0.05) is 32.0 Å². The number of benzene rings is 1. The van der Waals surface area contributed by atoms with E-state index in [2.05, 4.69) is 19.2 Å². The van der Waals surface area contributed by atoms with Crippen LogP contribution in [0.25, 0.3) is 0 Å². The van der Waals surface area contributed by atoms with Crippen LogP contribution in [0.1, 0.15) is 20.3 Å². The fourth-order valence-corrected chi connectivity index (χ4v) is 1.37. The Morgan fingerprint density at radius 2 is 1.93 bits per heavy atom. The molecule has 3 nitrogen and oxygen atoms in total. The fourth-order valence-electron chi connectivity index (χ4n) is 1.37. The van der Waals surface area contributed by atoms with Gasteiger partial charge in [0.05, 0.1) is 6.04 Å². The van der Waals surface area contributed by atoms with Crippen LogP contribution >= 0.6 is 0 Å². The molecule has 1 atom stereocenters. The number of carbonyl (C=O) groups is 1. The molecule has 0 fully saturated rings. The van der Waals surface area contributed by atoms with Gasteiger partial charge in [0.1, 0.15) is 0 Å². The highest BCUT2D eigenvalue weighted by atomic mass is 16.2. The van der Waals surface area contributed by atoms with E-state index < -0.39 is 6.04 Å². The molecular formula is C12H18N2O. The van der Waals surface area contributed by atoms with E-state index in [-0.39, 0.29) is 5.91 Å². The molecule has 0 aromatic heterocycles. The second-order valence-corrected chi connectivity index (χ2v) is 4.09. The summed E-state index contributed by atoms with van der Waals surface area (Å²) in [5.74, 6) is 0.316. The molecule has 1 amide bonds. The lowest BCUT2D eigenvalue weighted by Crippen LogP contribution is -2.36. The topological polar surface area (TPSA) is 55.1 Å². The van der Waals surface area contributed by atoms with Gasteiger partial charge in [-0.15, -0.1) is 0 Å². The zero-order valence-corrected chi connectivity index (χ0v) is 9.23. The summed E-state index contributed by atoms with van der Waals surface area (Å²) in [4.78, 5) is 11.6. The average molecular weight is 206 g/mol. The standard InChI is InChI=1S/C12H18N2O/c1-9(2)8-11(13)12(15)14-10-6-4-3-5-7-10/h3-7,9,11H,8,13H2,1-2H3,(H,14,15). The highest BCUT2D eigenvalue weighted by Crippen LogP contribution is 2.08. The fraction of sp³-hybridized carbons (Fsp3) is 0.417. The Labute approximate surface area is 90.7 Å². The lowest BCUT2D eigenvalue weighted by molar-refractivity contribution is -0.117. The molecule has 15 heavy (non-hydrogen) atoms. The molecule has 1 aromatic rings. The van der Waals surface area contributed by atoms with Crippen molar-refractivity contribution >= 4 is 11.6 Å². The summed E-state index contributed by atoms with van der Waals surface area (Å²) >= 11 is 0. The van der Waals surface area contributed by atoms with Gasteiger partial charge in [-0.25, -0.2) is 0 Å². The molecule has 1 rings (SSSR count). The number of rotatable bonds is 4. The first-order chi connectivity index (χ1) is 7.09. The van der Waals surface area contributed by atoms with Gasteiger partial charge in [0.15, 0.2) is 0 Å². The number of amides is 1. The monoisotopic (exact) mass is 206 g/mol. The van der Waals surface area contributed by atoms with Crippen molar-refractivity contribution in [2.75, 3.05) is 5.32 Å². The lowest BCUT2D eigenvalue weighted by atomic mass is 10.0. The quantitative estimate of drug-likeness (QED) is 0.791. The molecule has 1 aromatic carbocycles. The van der Waals surface area contributed by atoms with Crippen LogP contribution in [0, 0.1) is 5.92 Å². The van der Waals surface area contributed by atoms with E-state index in [0.717, 1.165) is 5.69 Å².